The number of halogens is 3. The van der Waals surface area contributed by atoms with Crippen molar-refractivity contribution in [3.63, 3.8) is 0 Å². The second-order valence-electron chi connectivity index (χ2n) is 8.37. The number of anilines is 1. The summed E-state index contributed by atoms with van der Waals surface area (Å²) in [5.41, 5.74) is 1.08. The van der Waals surface area contributed by atoms with Crippen LogP contribution in [0.25, 0.3) is 11.3 Å². The molecule has 0 spiro atoms. The predicted molar refractivity (Wildman–Crippen MR) is 131 cm³/mol. The molecule has 0 saturated carbocycles. The highest BCUT2D eigenvalue weighted by molar-refractivity contribution is 8.00. The van der Waals surface area contributed by atoms with Crippen LogP contribution in [-0.4, -0.2) is 21.1 Å². The molecular weight excluding hydrogens is 493 g/mol. The van der Waals surface area contributed by atoms with Gasteiger partial charge in [-0.2, -0.15) is 18.4 Å². The number of carbonyl (C=O) groups is 1. The standard InChI is InChI=1S/C25H23F3N4OS2/c1-3-15-9-10-17-18(13-29)23(35-20(17)11-15)32-22(33)14(2)34-24-30-19(16-7-5-4-6-8-16)12-21(31-24)25(26,27)28/h4-8,12,14-15H,3,9-11H2,1-2H3,(H,32,33). The minimum Gasteiger partial charge on any atom is -0.316 e. The Labute approximate surface area is 209 Å². The summed E-state index contributed by atoms with van der Waals surface area (Å²) >= 11 is 2.27. The van der Waals surface area contributed by atoms with Crippen LogP contribution in [0.2, 0.25) is 0 Å². The lowest BCUT2D eigenvalue weighted by Gasteiger charge is -2.20. The van der Waals surface area contributed by atoms with Gasteiger partial charge in [0, 0.05) is 10.4 Å². The van der Waals surface area contributed by atoms with Crippen molar-refractivity contribution >= 4 is 34.0 Å². The van der Waals surface area contributed by atoms with Gasteiger partial charge >= 0.3 is 6.18 Å². The zero-order valence-electron chi connectivity index (χ0n) is 19.1. The van der Waals surface area contributed by atoms with E-state index in [-0.39, 0.29) is 10.9 Å². The quantitative estimate of drug-likeness (QED) is 0.290. The fourth-order valence-corrected chi connectivity index (χ4v) is 6.11. The number of thiophene rings is 1. The van der Waals surface area contributed by atoms with Crippen molar-refractivity contribution in [3.8, 4) is 17.3 Å². The summed E-state index contributed by atoms with van der Waals surface area (Å²) in [6.45, 7) is 3.73. The minimum absolute atomic E-state index is 0.131. The predicted octanol–water partition coefficient (Wildman–Crippen LogP) is 6.73. The Balaban J connectivity index is 1.55. The van der Waals surface area contributed by atoms with Crippen molar-refractivity contribution < 1.29 is 18.0 Å². The summed E-state index contributed by atoms with van der Waals surface area (Å²) in [4.78, 5) is 22.0. The van der Waals surface area contributed by atoms with Crippen molar-refractivity contribution in [2.45, 2.75) is 56.1 Å². The number of benzene rings is 1. The molecule has 182 valence electrons. The summed E-state index contributed by atoms with van der Waals surface area (Å²) in [5.74, 6) is 0.155. The second kappa shape index (κ2) is 10.4. The highest BCUT2D eigenvalue weighted by atomic mass is 32.2. The van der Waals surface area contributed by atoms with Crippen LogP contribution in [0.1, 0.15) is 48.4 Å². The lowest BCUT2D eigenvalue weighted by atomic mass is 9.86. The maximum Gasteiger partial charge on any atom is 0.433 e. The molecule has 0 aliphatic heterocycles. The van der Waals surface area contributed by atoms with Gasteiger partial charge in [0.1, 0.15) is 16.8 Å². The Kier molecular flexibility index (Phi) is 7.47. The number of carbonyl (C=O) groups excluding carboxylic acids is 1. The monoisotopic (exact) mass is 516 g/mol. The number of fused-ring (bicyclic) bond motifs is 1. The number of alkyl halides is 3. The van der Waals surface area contributed by atoms with Gasteiger partial charge < -0.3 is 5.32 Å². The van der Waals surface area contributed by atoms with E-state index < -0.39 is 23.0 Å². The van der Waals surface area contributed by atoms with Crippen LogP contribution < -0.4 is 5.32 Å². The summed E-state index contributed by atoms with van der Waals surface area (Å²) in [6, 6.07) is 11.6. The fraction of sp³-hybridized carbons (Fsp3) is 0.360. The van der Waals surface area contributed by atoms with E-state index in [4.69, 9.17) is 0 Å². The third-order valence-corrected chi connectivity index (χ3v) is 8.14. The van der Waals surface area contributed by atoms with E-state index in [0.29, 0.717) is 22.0 Å². The number of nitrogens with one attached hydrogen (secondary N) is 1. The van der Waals surface area contributed by atoms with Crippen molar-refractivity contribution in [2.75, 3.05) is 5.32 Å². The van der Waals surface area contributed by atoms with Crippen LogP contribution in [0.4, 0.5) is 18.2 Å². The number of amides is 1. The first-order valence-electron chi connectivity index (χ1n) is 11.2. The van der Waals surface area contributed by atoms with Gasteiger partial charge in [-0.3, -0.25) is 4.79 Å². The molecule has 3 aromatic rings. The minimum atomic E-state index is -4.65. The Morgan fingerprint density at radius 3 is 2.71 bits per heavy atom. The Hall–Kier alpha value is -2.90. The summed E-state index contributed by atoms with van der Waals surface area (Å²) in [7, 11) is 0. The van der Waals surface area contributed by atoms with Crippen molar-refractivity contribution in [1.29, 1.82) is 5.26 Å². The summed E-state index contributed by atoms with van der Waals surface area (Å²) < 4.78 is 40.5. The first-order chi connectivity index (χ1) is 16.7. The van der Waals surface area contributed by atoms with Crippen LogP contribution in [0, 0.1) is 17.2 Å². The molecule has 1 amide bonds. The SMILES string of the molecule is CCC1CCc2c(sc(NC(=O)C(C)Sc3nc(-c4ccccc4)cc(C(F)(F)F)n3)c2C#N)C1. The average Bonchev–Trinajstić information content (AvgIpc) is 3.19. The fourth-order valence-electron chi connectivity index (χ4n) is 4.01. The number of hydrogen-bond acceptors (Lipinski definition) is 6. The molecule has 35 heavy (non-hydrogen) atoms. The van der Waals surface area contributed by atoms with Gasteiger partial charge in [0.2, 0.25) is 5.91 Å². The van der Waals surface area contributed by atoms with Gasteiger partial charge in [0.15, 0.2) is 5.16 Å². The summed E-state index contributed by atoms with van der Waals surface area (Å²) in [6.07, 6.45) is -0.859. The molecule has 1 aliphatic carbocycles. The number of rotatable bonds is 6. The van der Waals surface area contributed by atoms with E-state index in [0.717, 1.165) is 54.0 Å². The van der Waals surface area contributed by atoms with Crippen LogP contribution >= 0.6 is 23.1 Å². The van der Waals surface area contributed by atoms with Gasteiger partial charge in [-0.05, 0) is 43.7 Å². The molecule has 1 aliphatic rings. The van der Waals surface area contributed by atoms with Crippen molar-refractivity contribution in [3.05, 3.63) is 58.1 Å². The van der Waals surface area contributed by atoms with E-state index in [1.165, 1.54) is 11.3 Å². The first kappa shape index (κ1) is 25.2. The van der Waals surface area contributed by atoms with Gasteiger partial charge in [-0.1, -0.05) is 55.4 Å². The van der Waals surface area contributed by atoms with Gasteiger partial charge in [-0.15, -0.1) is 11.3 Å². The molecule has 0 fully saturated rings. The molecule has 4 rings (SSSR count). The normalized spacial score (nSPS) is 16.3. The topological polar surface area (TPSA) is 78.7 Å². The van der Waals surface area contributed by atoms with Crippen molar-refractivity contribution in [1.82, 2.24) is 9.97 Å². The number of thioether (sulfide) groups is 1. The third-order valence-electron chi connectivity index (χ3n) is 6.01. The van der Waals surface area contributed by atoms with Gasteiger partial charge in [-0.25, -0.2) is 9.97 Å². The van der Waals surface area contributed by atoms with Crippen LogP contribution in [-0.2, 0) is 23.8 Å². The van der Waals surface area contributed by atoms with Gasteiger partial charge in [0.05, 0.1) is 16.5 Å². The zero-order chi connectivity index (χ0) is 25.2. The molecule has 0 radical (unpaired) electrons. The Morgan fingerprint density at radius 1 is 1.31 bits per heavy atom. The number of nitrogens with zero attached hydrogens (tertiary/aromatic N) is 3. The Bertz CT molecular complexity index is 1270. The van der Waals surface area contributed by atoms with E-state index in [1.807, 2.05) is 0 Å². The molecule has 2 unspecified atom stereocenters. The molecule has 10 heteroatoms. The molecule has 0 bridgehead atoms. The molecule has 1 N–H and O–H groups in total. The molecule has 1 aromatic carbocycles. The number of aromatic nitrogens is 2. The third kappa shape index (κ3) is 5.68. The van der Waals surface area contributed by atoms with Crippen LogP contribution in [0.15, 0.2) is 41.6 Å². The molecular formula is C25H23F3N4OS2. The molecule has 2 aromatic heterocycles. The largest absolute Gasteiger partial charge is 0.433 e. The molecule has 2 atom stereocenters. The second-order valence-corrected chi connectivity index (χ2v) is 10.8. The zero-order valence-corrected chi connectivity index (χ0v) is 20.8. The van der Waals surface area contributed by atoms with Crippen LogP contribution in [0.3, 0.4) is 0 Å². The van der Waals surface area contributed by atoms with Crippen LogP contribution in [0.5, 0.6) is 0 Å². The highest BCUT2D eigenvalue weighted by Gasteiger charge is 2.34. The average molecular weight is 517 g/mol. The maximum atomic E-state index is 13.5. The number of nitriles is 1. The van der Waals surface area contributed by atoms with Crippen molar-refractivity contribution in [2.24, 2.45) is 5.92 Å². The molecule has 0 saturated heterocycles. The molecule has 2 heterocycles. The number of hydrogen-bond donors (Lipinski definition) is 1. The van der Waals surface area contributed by atoms with E-state index >= 15 is 0 Å². The lowest BCUT2D eigenvalue weighted by Crippen LogP contribution is -2.23. The first-order valence-corrected chi connectivity index (χ1v) is 12.9. The van der Waals surface area contributed by atoms with E-state index in [1.54, 1.807) is 37.3 Å². The smallest absolute Gasteiger partial charge is 0.316 e. The van der Waals surface area contributed by atoms with E-state index in [9.17, 15) is 23.2 Å². The van der Waals surface area contributed by atoms with E-state index in [2.05, 4.69) is 28.3 Å². The van der Waals surface area contributed by atoms with Gasteiger partial charge in [0.25, 0.3) is 0 Å². The summed E-state index contributed by atoms with van der Waals surface area (Å²) in [5, 5.41) is 12.1. The Morgan fingerprint density at radius 2 is 2.06 bits per heavy atom. The maximum absolute atomic E-state index is 13.5. The lowest BCUT2D eigenvalue weighted by molar-refractivity contribution is -0.141. The highest BCUT2D eigenvalue weighted by Crippen LogP contribution is 2.40. The molecule has 5 nitrogen and oxygen atoms in total.